The molecule has 0 heterocycles. The number of aryl methyl sites for hydroxylation is 1. The third kappa shape index (κ3) is 6.75. The number of hydrogen-bond acceptors (Lipinski definition) is 6. The zero-order valence-corrected chi connectivity index (χ0v) is 21.4. The molecule has 0 aliphatic heterocycles. The lowest BCUT2D eigenvalue weighted by molar-refractivity contribution is 0.0945. The highest BCUT2D eigenvalue weighted by atomic mass is 35.5. The van der Waals surface area contributed by atoms with E-state index in [1.54, 1.807) is 13.0 Å². The summed E-state index contributed by atoms with van der Waals surface area (Å²) in [5.74, 6) is 0.273. The van der Waals surface area contributed by atoms with Gasteiger partial charge in [0.05, 0.1) is 29.8 Å². The summed E-state index contributed by atoms with van der Waals surface area (Å²) >= 11 is 6.15. The first-order chi connectivity index (χ1) is 15.5. The number of halogens is 1. The second kappa shape index (κ2) is 11.6. The molecule has 0 atom stereocenters. The van der Waals surface area contributed by atoms with Gasteiger partial charge in [0.15, 0.2) is 0 Å². The van der Waals surface area contributed by atoms with Crippen LogP contribution < -0.4 is 19.5 Å². The fourth-order valence-electron chi connectivity index (χ4n) is 3.35. The van der Waals surface area contributed by atoms with E-state index in [1.165, 1.54) is 38.5 Å². The first-order valence-corrected chi connectivity index (χ1v) is 12.5. The number of nitrogens with zero attached hydrogens (tertiary/aromatic N) is 1. The predicted molar refractivity (Wildman–Crippen MR) is 131 cm³/mol. The van der Waals surface area contributed by atoms with E-state index in [2.05, 4.69) is 35.7 Å². The summed E-state index contributed by atoms with van der Waals surface area (Å²) in [5.41, 5.74) is 1.13. The molecular weight excluding hydrogens is 466 g/mol. The lowest BCUT2D eigenvalue weighted by Gasteiger charge is -2.24. The minimum Gasteiger partial charge on any atom is -0.495 e. The molecule has 1 amide bonds. The quantitative estimate of drug-likeness (QED) is 0.488. The van der Waals surface area contributed by atoms with Crippen LogP contribution in [-0.2, 0) is 10.0 Å². The van der Waals surface area contributed by atoms with Gasteiger partial charge < -0.3 is 14.8 Å². The minimum absolute atomic E-state index is 0.0513. The van der Waals surface area contributed by atoms with Crippen molar-refractivity contribution in [3.05, 3.63) is 46.5 Å². The second-order valence-corrected chi connectivity index (χ2v) is 9.84. The van der Waals surface area contributed by atoms with Crippen molar-refractivity contribution >= 4 is 33.2 Å². The van der Waals surface area contributed by atoms with Crippen molar-refractivity contribution in [3.63, 3.8) is 0 Å². The molecule has 2 rings (SSSR count). The summed E-state index contributed by atoms with van der Waals surface area (Å²) in [5, 5.41) is 3.10. The molecule has 0 saturated heterocycles. The zero-order valence-electron chi connectivity index (χ0n) is 19.9. The molecule has 2 N–H and O–H groups in total. The molecule has 0 aromatic heterocycles. The Hall–Kier alpha value is -2.49. The third-order valence-electron chi connectivity index (χ3n) is 5.30. The zero-order chi connectivity index (χ0) is 24.8. The summed E-state index contributed by atoms with van der Waals surface area (Å²) in [6, 6.07) is 7.69. The highest BCUT2D eigenvalue weighted by molar-refractivity contribution is 7.92. The van der Waals surface area contributed by atoms with E-state index in [1.807, 2.05) is 0 Å². The Balaban J connectivity index is 2.25. The van der Waals surface area contributed by atoms with Crippen molar-refractivity contribution in [1.29, 1.82) is 0 Å². The topological polar surface area (TPSA) is 97.0 Å². The first-order valence-electron chi connectivity index (χ1n) is 10.6. The van der Waals surface area contributed by atoms with Crippen LogP contribution in [0.1, 0.15) is 36.7 Å². The molecule has 2 aromatic carbocycles. The molecular formula is C23H32ClN3O5S. The summed E-state index contributed by atoms with van der Waals surface area (Å²) in [4.78, 5) is 14.9. The predicted octanol–water partition coefficient (Wildman–Crippen LogP) is 3.93. The molecule has 182 valence electrons. The number of hydrogen-bond donors (Lipinski definition) is 2. The molecule has 0 saturated carbocycles. The molecule has 0 unspecified atom stereocenters. The molecule has 0 fully saturated rings. The van der Waals surface area contributed by atoms with E-state index in [-0.39, 0.29) is 27.3 Å². The number of benzene rings is 2. The van der Waals surface area contributed by atoms with Gasteiger partial charge in [0, 0.05) is 30.8 Å². The van der Waals surface area contributed by atoms with Crippen LogP contribution in [0.15, 0.2) is 35.2 Å². The number of likely N-dealkylation sites (N-methyl/N-ethyl adjacent to an activating group) is 1. The Morgan fingerprint density at radius 3 is 2.36 bits per heavy atom. The van der Waals surface area contributed by atoms with Gasteiger partial charge in [-0.2, -0.15) is 0 Å². The maximum absolute atomic E-state index is 13.1. The van der Waals surface area contributed by atoms with E-state index in [9.17, 15) is 13.2 Å². The monoisotopic (exact) mass is 497 g/mol. The maximum Gasteiger partial charge on any atom is 0.262 e. The number of ether oxygens (including phenoxy) is 2. The van der Waals surface area contributed by atoms with Crippen molar-refractivity contribution in [2.45, 2.75) is 38.6 Å². The third-order valence-corrected chi connectivity index (χ3v) is 6.96. The van der Waals surface area contributed by atoms with Crippen LogP contribution >= 0.6 is 11.6 Å². The van der Waals surface area contributed by atoms with Gasteiger partial charge in [0.25, 0.3) is 15.9 Å². The summed E-state index contributed by atoms with van der Waals surface area (Å²) in [7, 11) is -1.16. The van der Waals surface area contributed by atoms with E-state index < -0.39 is 10.0 Å². The number of sulfonamides is 1. The lowest BCUT2D eigenvalue weighted by Crippen LogP contribution is -2.38. The Labute approximate surface area is 201 Å². The van der Waals surface area contributed by atoms with Crippen molar-refractivity contribution in [1.82, 2.24) is 10.2 Å². The van der Waals surface area contributed by atoms with Gasteiger partial charge in [0.1, 0.15) is 11.5 Å². The first kappa shape index (κ1) is 26.8. The van der Waals surface area contributed by atoms with E-state index in [4.69, 9.17) is 21.1 Å². The molecule has 2 aromatic rings. The number of nitrogens with one attached hydrogen (secondary N) is 2. The van der Waals surface area contributed by atoms with Gasteiger partial charge in [-0.25, -0.2) is 8.42 Å². The van der Waals surface area contributed by atoms with Gasteiger partial charge in [0.2, 0.25) is 0 Å². The Kier molecular flexibility index (Phi) is 9.39. The molecule has 0 bridgehead atoms. The Bertz CT molecular complexity index is 1090. The summed E-state index contributed by atoms with van der Waals surface area (Å²) < 4.78 is 39.0. The maximum atomic E-state index is 13.1. The largest absolute Gasteiger partial charge is 0.495 e. The van der Waals surface area contributed by atoms with Crippen LogP contribution in [0.4, 0.5) is 5.69 Å². The Morgan fingerprint density at radius 1 is 1.12 bits per heavy atom. The molecule has 0 radical (unpaired) electrons. The number of anilines is 1. The van der Waals surface area contributed by atoms with Crippen LogP contribution in [0.2, 0.25) is 5.02 Å². The molecule has 0 aliphatic carbocycles. The number of rotatable bonds is 11. The SMILES string of the molecule is CCN(CCNC(=O)c1cc(S(=O)(=O)Nc2cc(Cl)c(OC)cc2OC)ccc1C)C(C)C. The molecule has 33 heavy (non-hydrogen) atoms. The van der Waals surface area contributed by atoms with Gasteiger partial charge >= 0.3 is 0 Å². The lowest BCUT2D eigenvalue weighted by atomic mass is 10.1. The van der Waals surface area contributed by atoms with Crippen LogP contribution in [0, 0.1) is 6.92 Å². The van der Waals surface area contributed by atoms with Gasteiger partial charge in [-0.15, -0.1) is 0 Å². The van der Waals surface area contributed by atoms with Crippen molar-refractivity contribution < 1.29 is 22.7 Å². The van der Waals surface area contributed by atoms with Crippen LogP contribution in [-0.4, -0.2) is 59.1 Å². The van der Waals surface area contributed by atoms with Crippen LogP contribution in [0.25, 0.3) is 0 Å². The average Bonchev–Trinajstić information content (AvgIpc) is 2.76. The number of methoxy groups -OCH3 is 2. The van der Waals surface area contributed by atoms with Gasteiger partial charge in [-0.1, -0.05) is 24.6 Å². The number of carbonyl (C=O) groups is 1. The molecule has 0 aliphatic rings. The normalized spacial score (nSPS) is 11.5. The highest BCUT2D eigenvalue weighted by Gasteiger charge is 2.21. The van der Waals surface area contributed by atoms with Crippen molar-refractivity contribution in [2.24, 2.45) is 0 Å². The number of amides is 1. The van der Waals surface area contributed by atoms with E-state index >= 15 is 0 Å². The van der Waals surface area contributed by atoms with Crippen molar-refractivity contribution in [2.75, 3.05) is 38.6 Å². The van der Waals surface area contributed by atoms with E-state index in [0.29, 0.717) is 36.0 Å². The Morgan fingerprint density at radius 2 is 1.79 bits per heavy atom. The minimum atomic E-state index is -4.02. The fraction of sp³-hybridized carbons (Fsp3) is 0.435. The smallest absolute Gasteiger partial charge is 0.262 e. The molecule has 8 nitrogen and oxygen atoms in total. The van der Waals surface area contributed by atoms with Crippen molar-refractivity contribution in [3.8, 4) is 11.5 Å². The van der Waals surface area contributed by atoms with E-state index in [0.717, 1.165) is 6.54 Å². The van der Waals surface area contributed by atoms with Gasteiger partial charge in [-0.3, -0.25) is 14.4 Å². The second-order valence-electron chi connectivity index (χ2n) is 7.75. The van der Waals surface area contributed by atoms with Gasteiger partial charge in [-0.05, 0) is 51.1 Å². The highest BCUT2D eigenvalue weighted by Crippen LogP contribution is 2.37. The van der Waals surface area contributed by atoms with Crippen LogP contribution in [0.3, 0.4) is 0 Å². The van der Waals surface area contributed by atoms with Crippen LogP contribution in [0.5, 0.6) is 11.5 Å². The average molecular weight is 498 g/mol. The summed E-state index contributed by atoms with van der Waals surface area (Å²) in [6.07, 6.45) is 0. The summed E-state index contributed by atoms with van der Waals surface area (Å²) in [6.45, 7) is 10.1. The fourth-order valence-corrected chi connectivity index (χ4v) is 4.67. The standard InChI is InChI=1S/C23H32ClN3O5S/c1-7-27(15(2)3)11-10-25-23(28)18-12-17(9-8-16(18)4)33(29,30)26-20-13-19(24)21(31-5)14-22(20)32-6/h8-9,12-15,26H,7,10-11H2,1-6H3,(H,25,28). The molecule has 0 spiro atoms. The molecule has 10 heteroatoms. The number of carbonyl (C=O) groups excluding carboxylic acids is 1.